The molecule has 1 aromatic rings. The molecular weight excluding hydrogens is 404 g/mol. The Morgan fingerprint density at radius 1 is 1.19 bits per heavy atom. The van der Waals surface area contributed by atoms with Gasteiger partial charge in [-0.3, -0.25) is 4.79 Å². The number of esters is 1. The van der Waals surface area contributed by atoms with Crippen molar-refractivity contribution >= 4 is 11.8 Å². The number of hydrogen-bond acceptors (Lipinski definition) is 5. The summed E-state index contributed by atoms with van der Waals surface area (Å²) >= 11 is 0. The molecule has 5 heteroatoms. The molecule has 3 fully saturated rings. The number of carbonyl (C=O) groups is 2. The van der Waals surface area contributed by atoms with Gasteiger partial charge >= 0.3 is 5.97 Å². The molecule has 4 aliphatic rings. The number of rotatable bonds is 2. The quantitative estimate of drug-likeness (QED) is 0.549. The third kappa shape index (κ3) is 3.19. The van der Waals surface area contributed by atoms with E-state index in [2.05, 4.69) is 26.8 Å². The standard InChI is InChI=1S/C27H34O5/c1-15-13-19-18(25(19,3)4)11-12-26(5)23(32-26)20-21(16(2)14-27(20,30)22(15)28)31-24(29)17-9-7-6-8-10-17/h6-10,13,16,18-21,23,30H,11-12,14H2,1-5H3/b15-13+/t16-,18-,19-,20+,21-,23+,26+,27+/m0/s1. The maximum Gasteiger partial charge on any atom is 0.338 e. The summed E-state index contributed by atoms with van der Waals surface area (Å²) in [5.41, 5.74) is -0.745. The van der Waals surface area contributed by atoms with Crippen LogP contribution in [-0.4, -0.2) is 40.3 Å². The predicted octanol–water partition coefficient (Wildman–Crippen LogP) is 4.34. The zero-order valence-electron chi connectivity index (χ0n) is 19.6. The van der Waals surface area contributed by atoms with E-state index in [1.165, 1.54) is 0 Å². The van der Waals surface area contributed by atoms with Crippen molar-refractivity contribution < 1.29 is 24.2 Å². The summed E-state index contributed by atoms with van der Waals surface area (Å²) in [5.74, 6) is -0.535. The van der Waals surface area contributed by atoms with Crippen LogP contribution in [0.25, 0.3) is 0 Å². The number of ketones is 1. The Morgan fingerprint density at radius 2 is 1.88 bits per heavy atom. The fourth-order valence-corrected chi connectivity index (χ4v) is 6.70. The first-order valence-electron chi connectivity index (χ1n) is 11.9. The highest BCUT2D eigenvalue weighted by Crippen LogP contribution is 2.64. The highest BCUT2D eigenvalue weighted by molar-refractivity contribution is 6.02. The maximum atomic E-state index is 13.7. The van der Waals surface area contributed by atoms with Crippen molar-refractivity contribution in [2.24, 2.45) is 29.1 Å². The van der Waals surface area contributed by atoms with Gasteiger partial charge in [0.15, 0.2) is 5.78 Å². The van der Waals surface area contributed by atoms with Crippen molar-refractivity contribution in [3.05, 3.63) is 47.5 Å². The molecule has 1 N–H and O–H groups in total. The van der Waals surface area contributed by atoms with Crippen molar-refractivity contribution in [1.29, 1.82) is 0 Å². The van der Waals surface area contributed by atoms with Crippen LogP contribution in [-0.2, 0) is 14.3 Å². The normalized spacial score (nSPS) is 45.9. The molecule has 1 heterocycles. The molecule has 0 aromatic heterocycles. The van der Waals surface area contributed by atoms with E-state index >= 15 is 0 Å². The number of carbonyl (C=O) groups excluding carboxylic acids is 2. The number of hydrogen-bond donors (Lipinski definition) is 1. The maximum absolute atomic E-state index is 13.7. The topological polar surface area (TPSA) is 76.1 Å². The molecule has 5 rings (SSSR count). The second kappa shape index (κ2) is 7.01. The molecule has 1 saturated heterocycles. The van der Waals surface area contributed by atoms with Gasteiger partial charge in [0, 0.05) is 0 Å². The van der Waals surface area contributed by atoms with Crippen LogP contribution < -0.4 is 0 Å². The summed E-state index contributed by atoms with van der Waals surface area (Å²) in [6, 6.07) is 8.87. The summed E-state index contributed by atoms with van der Waals surface area (Å²) in [6.45, 7) is 10.4. The molecule has 172 valence electrons. The van der Waals surface area contributed by atoms with Gasteiger partial charge in [0.2, 0.25) is 0 Å². The van der Waals surface area contributed by atoms with E-state index in [0.717, 1.165) is 12.8 Å². The lowest BCUT2D eigenvalue weighted by atomic mass is 9.77. The third-order valence-electron chi connectivity index (χ3n) is 8.89. The first-order valence-corrected chi connectivity index (χ1v) is 11.9. The molecule has 0 amide bonds. The molecule has 0 unspecified atom stereocenters. The van der Waals surface area contributed by atoms with Crippen molar-refractivity contribution in [1.82, 2.24) is 0 Å². The number of benzene rings is 1. The number of allylic oxidation sites excluding steroid dienone is 1. The fourth-order valence-electron chi connectivity index (χ4n) is 6.70. The van der Waals surface area contributed by atoms with E-state index in [1.807, 2.05) is 19.9 Å². The largest absolute Gasteiger partial charge is 0.458 e. The van der Waals surface area contributed by atoms with Gasteiger partial charge in [0.1, 0.15) is 11.7 Å². The van der Waals surface area contributed by atoms with Gasteiger partial charge in [-0.25, -0.2) is 4.79 Å². The highest BCUT2D eigenvalue weighted by Gasteiger charge is 2.70. The Morgan fingerprint density at radius 3 is 2.56 bits per heavy atom. The van der Waals surface area contributed by atoms with E-state index in [-0.39, 0.29) is 29.6 Å². The summed E-state index contributed by atoms with van der Waals surface area (Å²) in [7, 11) is 0. The minimum atomic E-state index is -1.59. The molecule has 0 spiro atoms. The Kier molecular flexibility index (Phi) is 4.78. The lowest BCUT2D eigenvalue weighted by molar-refractivity contribution is -0.140. The van der Waals surface area contributed by atoms with E-state index in [1.54, 1.807) is 24.3 Å². The van der Waals surface area contributed by atoms with Crippen LogP contribution in [0.15, 0.2) is 42.0 Å². The lowest BCUT2D eigenvalue weighted by Gasteiger charge is -2.31. The minimum Gasteiger partial charge on any atom is -0.458 e. The van der Waals surface area contributed by atoms with Crippen LogP contribution in [0.1, 0.15) is 64.2 Å². The van der Waals surface area contributed by atoms with Gasteiger partial charge in [-0.05, 0) is 74.0 Å². The predicted molar refractivity (Wildman–Crippen MR) is 120 cm³/mol. The molecule has 0 bridgehead atoms. The fraction of sp³-hybridized carbons (Fsp3) is 0.630. The molecule has 3 aliphatic carbocycles. The van der Waals surface area contributed by atoms with E-state index in [4.69, 9.17) is 9.47 Å². The van der Waals surface area contributed by atoms with Gasteiger partial charge < -0.3 is 14.6 Å². The molecule has 1 aromatic carbocycles. The Balaban J connectivity index is 1.50. The Hall–Kier alpha value is -1.98. The van der Waals surface area contributed by atoms with Crippen molar-refractivity contribution in [2.75, 3.05) is 0 Å². The van der Waals surface area contributed by atoms with Crippen molar-refractivity contribution in [3.8, 4) is 0 Å². The Bertz CT molecular complexity index is 981. The average Bonchev–Trinajstić information content (AvgIpc) is 3.52. The van der Waals surface area contributed by atoms with Gasteiger partial charge in [-0.1, -0.05) is 45.0 Å². The SMILES string of the molecule is C/C1=C\[C@H]2[C@H](CC[C@@]3(C)O[C@@H]3[C@H]3[C@@H](OC(=O)c4ccccc4)[C@@H](C)C[C@]3(O)C1=O)C2(C)C. The van der Waals surface area contributed by atoms with Crippen LogP contribution in [0.2, 0.25) is 0 Å². The monoisotopic (exact) mass is 438 g/mol. The van der Waals surface area contributed by atoms with Crippen LogP contribution >= 0.6 is 0 Å². The number of aliphatic hydroxyl groups is 1. The molecule has 32 heavy (non-hydrogen) atoms. The van der Waals surface area contributed by atoms with Crippen LogP contribution in [0.3, 0.4) is 0 Å². The van der Waals surface area contributed by atoms with Gasteiger partial charge in [0.25, 0.3) is 0 Å². The summed E-state index contributed by atoms with van der Waals surface area (Å²) in [6.07, 6.45) is 3.36. The molecule has 8 atom stereocenters. The lowest BCUT2D eigenvalue weighted by Crippen LogP contribution is -2.49. The number of Topliss-reactive ketones (excluding diaryl/α,β-unsaturated/α-hetero) is 1. The molecule has 5 nitrogen and oxygen atoms in total. The van der Waals surface area contributed by atoms with Crippen molar-refractivity contribution in [2.45, 2.75) is 77.3 Å². The molecular formula is C27H34O5. The van der Waals surface area contributed by atoms with Gasteiger partial charge in [-0.15, -0.1) is 0 Å². The van der Waals surface area contributed by atoms with Crippen molar-refractivity contribution in [3.63, 3.8) is 0 Å². The summed E-state index contributed by atoms with van der Waals surface area (Å²) < 4.78 is 12.2. The highest BCUT2D eigenvalue weighted by atomic mass is 16.6. The van der Waals surface area contributed by atoms with Crippen LogP contribution in [0.4, 0.5) is 0 Å². The number of ether oxygens (including phenoxy) is 2. The van der Waals surface area contributed by atoms with Crippen LogP contribution in [0.5, 0.6) is 0 Å². The van der Waals surface area contributed by atoms with E-state index < -0.39 is 29.2 Å². The number of fused-ring (bicyclic) bond motifs is 4. The van der Waals surface area contributed by atoms with E-state index in [9.17, 15) is 14.7 Å². The van der Waals surface area contributed by atoms with Crippen LogP contribution in [0, 0.1) is 29.1 Å². The summed E-state index contributed by atoms with van der Waals surface area (Å²) in [4.78, 5) is 26.5. The molecule has 2 saturated carbocycles. The second-order valence-electron chi connectivity index (χ2n) is 11.4. The Labute approximate surface area is 190 Å². The first kappa shape index (κ1) is 21.8. The third-order valence-corrected chi connectivity index (χ3v) is 8.89. The minimum absolute atomic E-state index is 0.157. The zero-order chi connectivity index (χ0) is 23.1. The van der Waals surface area contributed by atoms with E-state index in [0.29, 0.717) is 23.0 Å². The number of epoxide rings is 1. The average molecular weight is 439 g/mol. The first-order chi connectivity index (χ1) is 15.0. The molecule has 0 radical (unpaired) electrons. The second-order valence-corrected chi connectivity index (χ2v) is 11.4. The molecule has 1 aliphatic heterocycles. The summed E-state index contributed by atoms with van der Waals surface area (Å²) in [5, 5.41) is 11.9. The van der Waals surface area contributed by atoms with Gasteiger partial charge in [-0.2, -0.15) is 0 Å². The smallest absolute Gasteiger partial charge is 0.338 e. The van der Waals surface area contributed by atoms with Gasteiger partial charge in [0.05, 0.1) is 23.2 Å². The zero-order valence-corrected chi connectivity index (χ0v) is 19.6.